The third-order valence-electron chi connectivity index (χ3n) is 2.20. The number of nitrogens with zero attached hydrogens (tertiary/aromatic N) is 2. The second-order valence-electron chi connectivity index (χ2n) is 3.96. The van der Waals surface area contributed by atoms with E-state index in [2.05, 4.69) is 20.6 Å². The molecule has 0 spiro atoms. The van der Waals surface area contributed by atoms with Crippen LogP contribution in [0, 0.1) is 0 Å². The molecule has 1 aromatic rings. The molecular weight excluding hydrogens is 262 g/mol. The summed E-state index contributed by atoms with van der Waals surface area (Å²) in [6.45, 7) is 3.90. The Labute approximate surface area is 118 Å². The lowest BCUT2D eigenvalue weighted by Crippen LogP contribution is -2.21. The van der Waals surface area contributed by atoms with E-state index in [-0.39, 0.29) is 6.61 Å². The van der Waals surface area contributed by atoms with Gasteiger partial charge in [0.05, 0.1) is 6.61 Å². The fourth-order valence-corrected chi connectivity index (χ4v) is 1.48. The van der Waals surface area contributed by atoms with Crippen LogP contribution in [0.15, 0.2) is 6.07 Å². The van der Waals surface area contributed by atoms with E-state index >= 15 is 0 Å². The average molecular weight is 283 g/mol. The first-order chi connectivity index (χ1) is 9.65. The molecule has 0 saturated carbocycles. The summed E-state index contributed by atoms with van der Waals surface area (Å²) in [7, 11) is 1.59. The standard InChI is InChI=1S/C12H21N5O3/c1-3-14-10-6-11(17-12(16-10)8-19-2)15-4-5-20-7-9(13)18/h6H,3-5,7-8H2,1-2H3,(H2,13,18)(H2,14,15,16,17). The van der Waals surface area contributed by atoms with E-state index < -0.39 is 5.91 Å². The molecule has 0 aliphatic rings. The Hall–Kier alpha value is -1.93. The van der Waals surface area contributed by atoms with Gasteiger partial charge in [0.2, 0.25) is 5.91 Å². The fourth-order valence-electron chi connectivity index (χ4n) is 1.48. The van der Waals surface area contributed by atoms with E-state index in [1.807, 2.05) is 6.92 Å². The number of rotatable bonds is 10. The van der Waals surface area contributed by atoms with Crippen LogP contribution in [0.1, 0.15) is 12.7 Å². The Morgan fingerprint density at radius 3 is 2.65 bits per heavy atom. The Bertz CT molecular complexity index is 403. The molecule has 8 heteroatoms. The zero-order valence-corrected chi connectivity index (χ0v) is 11.8. The first-order valence-corrected chi connectivity index (χ1v) is 6.36. The topological polar surface area (TPSA) is 111 Å². The van der Waals surface area contributed by atoms with Gasteiger partial charge in [-0.05, 0) is 6.92 Å². The highest BCUT2D eigenvalue weighted by atomic mass is 16.5. The second-order valence-corrected chi connectivity index (χ2v) is 3.96. The van der Waals surface area contributed by atoms with Crippen LogP contribution < -0.4 is 16.4 Å². The van der Waals surface area contributed by atoms with Crippen molar-refractivity contribution in [1.29, 1.82) is 0 Å². The molecule has 0 aromatic carbocycles. The molecule has 1 aromatic heterocycles. The number of carbonyl (C=O) groups is 1. The second kappa shape index (κ2) is 9.05. The summed E-state index contributed by atoms with van der Waals surface area (Å²) >= 11 is 0. The SMILES string of the molecule is CCNc1cc(NCCOCC(N)=O)nc(COC)n1. The summed E-state index contributed by atoms with van der Waals surface area (Å²) in [4.78, 5) is 19.1. The number of nitrogens with two attached hydrogens (primary N) is 1. The predicted molar refractivity (Wildman–Crippen MR) is 75.4 cm³/mol. The molecule has 4 N–H and O–H groups in total. The van der Waals surface area contributed by atoms with Crippen molar-refractivity contribution in [3.8, 4) is 0 Å². The van der Waals surface area contributed by atoms with E-state index in [1.165, 1.54) is 0 Å². The summed E-state index contributed by atoms with van der Waals surface area (Å²) in [5.41, 5.74) is 4.97. The van der Waals surface area contributed by atoms with Crippen molar-refractivity contribution in [3.63, 3.8) is 0 Å². The Balaban J connectivity index is 2.52. The zero-order chi connectivity index (χ0) is 14.8. The zero-order valence-electron chi connectivity index (χ0n) is 11.8. The maximum Gasteiger partial charge on any atom is 0.243 e. The fraction of sp³-hybridized carbons (Fsp3) is 0.583. The predicted octanol–water partition coefficient (Wildman–Crippen LogP) is -0.0314. The number of primary amides is 1. The number of aromatic nitrogens is 2. The summed E-state index contributed by atoms with van der Waals surface area (Å²) < 4.78 is 10.1. The van der Waals surface area contributed by atoms with Crippen LogP contribution >= 0.6 is 0 Å². The molecule has 1 heterocycles. The maximum absolute atomic E-state index is 10.5. The molecule has 0 atom stereocenters. The third-order valence-corrected chi connectivity index (χ3v) is 2.20. The van der Waals surface area contributed by atoms with Crippen LogP contribution in [-0.2, 0) is 20.9 Å². The van der Waals surface area contributed by atoms with Gasteiger partial charge in [-0.1, -0.05) is 0 Å². The first kappa shape index (κ1) is 16.1. The van der Waals surface area contributed by atoms with E-state index in [9.17, 15) is 4.79 Å². The summed E-state index contributed by atoms with van der Waals surface area (Å²) in [5.74, 6) is 1.51. The number of amides is 1. The van der Waals surface area contributed by atoms with Crippen LogP contribution in [0.5, 0.6) is 0 Å². The molecule has 1 rings (SSSR count). The molecule has 0 fully saturated rings. The largest absolute Gasteiger partial charge is 0.377 e. The summed E-state index contributed by atoms with van der Waals surface area (Å²) in [6, 6.07) is 1.80. The summed E-state index contributed by atoms with van der Waals surface area (Å²) in [5, 5.41) is 6.22. The minimum absolute atomic E-state index is 0.0803. The van der Waals surface area contributed by atoms with Crippen LogP contribution in [0.4, 0.5) is 11.6 Å². The van der Waals surface area contributed by atoms with Gasteiger partial charge < -0.3 is 25.8 Å². The van der Waals surface area contributed by atoms with Crippen molar-refractivity contribution in [2.24, 2.45) is 5.73 Å². The van der Waals surface area contributed by atoms with Gasteiger partial charge in [0.1, 0.15) is 24.8 Å². The number of anilines is 2. The van der Waals surface area contributed by atoms with Gasteiger partial charge in [0, 0.05) is 26.3 Å². The summed E-state index contributed by atoms with van der Waals surface area (Å²) in [6.07, 6.45) is 0. The molecule has 0 aliphatic carbocycles. The number of carbonyl (C=O) groups excluding carboxylic acids is 1. The number of ether oxygens (including phenoxy) is 2. The smallest absolute Gasteiger partial charge is 0.243 e. The molecular formula is C12H21N5O3. The molecule has 20 heavy (non-hydrogen) atoms. The minimum atomic E-state index is -0.483. The van der Waals surface area contributed by atoms with E-state index in [0.29, 0.717) is 31.4 Å². The van der Waals surface area contributed by atoms with Crippen molar-refractivity contribution in [1.82, 2.24) is 9.97 Å². The van der Waals surface area contributed by atoms with Crippen molar-refractivity contribution < 1.29 is 14.3 Å². The number of nitrogens with one attached hydrogen (secondary N) is 2. The van der Waals surface area contributed by atoms with Crippen molar-refractivity contribution in [2.45, 2.75) is 13.5 Å². The van der Waals surface area contributed by atoms with Crippen LogP contribution in [0.25, 0.3) is 0 Å². The molecule has 112 valence electrons. The Kier molecular flexibility index (Phi) is 7.30. The normalized spacial score (nSPS) is 10.3. The van der Waals surface area contributed by atoms with Gasteiger partial charge in [-0.15, -0.1) is 0 Å². The van der Waals surface area contributed by atoms with E-state index in [1.54, 1.807) is 13.2 Å². The molecule has 0 aliphatic heterocycles. The average Bonchev–Trinajstić information content (AvgIpc) is 2.38. The van der Waals surface area contributed by atoms with Crippen molar-refractivity contribution in [2.75, 3.05) is 44.0 Å². The number of methoxy groups -OCH3 is 1. The van der Waals surface area contributed by atoms with Crippen molar-refractivity contribution >= 4 is 17.5 Å². The number of hydrogen-bond donors (Lipinski definition) is 3. The Morgan fingerprint density at radius 2 is 2.05 bits per heavy atom. The Morgan fingerprint density at radius 1 is 1.35 bits per heavy atom. The lowest BCUT2D eigenvalue weighted by atomic mass is 10.4. The molecule has 0 radical (unpaired) electrons. The van der Waals surface area contributed by atoms with Gasteiger partial charge >= 0.3 is 0 Å². The monoisotopic (exact) mass is 283 g/mol. The maximum atomic E-state index is 10.5. The highest BCUT2D eigenvalue weighted by molar-refractivity contribution is 5.74. The van der Waals surface area contributed by atoms with Gasteiger partial charge in [0.15, 0.2) is 5.82 Å². The highest BCUT2D eigenvalue weighted by Crippen LogP contribution is 2.11. The van der Waals surface area contributed by atoms with Gasteiger partial charge in [-0.3, -0.25) is 4.79 Å². The molecule has 1 amide bonds. The quantitative estimate of drug-likeness (QED) is 0.517. The van der Waals surface area contributed by atoms with Crippen LogP contribution in [0.2, 0.25) is 0 Å². The van der Waals surface area contributed by atoms with Gasteiger partial charge in [-0.25, -0.2) is 9.97 Å². The van der Waals surface area contributed by atoms with E-state index in [4.69, 9.17) is 15.2 Å². The molecule has 0 unspecified atom stereocenters. The van der Waals surface area contributed by atoms with Crippen LogP contribution in [0.3, 0.4) is 0 Å². The van der Waals surface area contributed by atoms with Crippen molar-refractivity contribution in [3.05, 3.63) is 11.9 Å². The molecule has 0 bridgehead atoms. The molecule has 0 saturated heterocycles. The lowest BCUT2D eigenvalue weighted by Gasteiger charge is -2.10. The van der Waals surface area contributed by atoms with Crippen LogP contribution in [-0.4, -0.2) is 49.3 Å². The number of hydrogen-bond acceptors (Lipinski definition) is 7. The minimum Gasteiger partial charge on any atom is -0.377 e. The van der Waals surface area contributed by atoms with E-state index in [0.717, 1.165) is 12.4 Å². The first-order valence-electron chi connectivity index (χ1n) is 6.36. The van der Waals surface area contributed by atoms with Gasteiger partial charge in [0.25, 0.3) is 0 Å². The molecule has 8 nitrogen and oxygen atoms in total. The van der Waals surface area contributed by atoms with Gasteiger partial charge in [-0.2, -0.15) is 0 Å². The highest BCUT2D eigenvalue weighted by Gasteiger charge is 2.04. The third kappa shape index (κ3) is 6.30. The lowest BCUT2D eigenvalue weighted by molar-refractivity contribution is -0.122.